The van der Waals surface area contributed by atoms with Gasteiger partial charge in [0.2, 0.25) is 17.7 Å². The lowest BCUT2D eigenvalue weighted by atomic mass is 9.68. The molecule has 0 fully saturated rings. The van der Waals surface area contributed by atoms with E-state index in [9.17, 15) is 10.1 Å². The number of anilines is 1. The minimum absolute atomic E-state index is 0.0570. The molecule has 0 bridgehead atoms. The average molecular weight is 321 g/mol. The van der Waals surface area contributed by atoms with Crippen LogP contribution in [-0.2, 0) is 10.2 Å². The lowest BCUT2D eigenvalue weighted by molar-refractivity contribution is -0.118. The van der Waals surface area contributed by atoms with Crippen molar-refractivity contribution in [2.45, 2.75) is 25.2 Å². The van der Waals surface area contributed by atoms with E-state index in [4.69, 9.17) is 10.5 Å². The van der Waals surface area contributed by atoms with Gasteiger partial charge in [-0.3, -0.25) is 9.89 Å². The van der Waals surface area contributed by atoms with Gasteiger partial charge < -0.3 is 15.8 Å². The molecule has 4 N–H and O–H groups in total. The zero-order valence-electron chi connectivity index (χ0n) is 13.2. The first-order valence-corrected chi connectivity index (χ1v) is 7.59. The largest absolute Gasteiger partial charge is 0.420 e. The van der Waals surface area contributed by atoms with Crippen molar-refractivity contribution >= 4 is 11.6 Å². The standard InChI is InChI=1S/C17H15N5O2/c1-8(2)13-12-15(22-21-13)24-14(19)10(7-18)17(12)9-5-3-4-6-11(9)20-16(17)23/h3-6,8H,19H2,1-2H3,(H,20,23)(H,21,22). The Kier molecular flexibility index (Phi) is 2.76. The highest BCUT2D eigenvalue weighted by Crippen LogP contribution is 2.54. The second-order valence-electron chi connectivity index (χ2n) is 6.17. The number of amides is 1. The molecule has 0 saturated heterocycles. The smallest absolute Gasteiger partial charge is 0.245 e. The van der Waals surface area contributed by atoms with Gasteiger partial charge in [0, 0.05) is 16.9 Å². The Bertz CT molecular complexity index is 950. The summed E-state index contributed by atoms with van der Waals surface area (Å²) in [5, 5.41) is 19.7. The number of carbonyl (C=O) groups is 1. The number of H-pyrrole nitrogens is 1. The molecule has 7 nitrogen and oxygen atoms in total. The zero-order valence-corrected chi connectivity index (χ0v) is 13.2. The van der Waals surface area contributed by atoms with Crippen LogP contribution in [0.5, 0.6) is 5.88 Å². The summed E-state index contributed by atoms with van der Waals surface area (Å²) in [7, 11) is 0. The van der Waals surface area contributed by atoms with Crippen molar-refractivity contribution in [2.75, 3.05) is 5.32 Å². The number of fused-ring (bicyclic) bond motifs is 4. The van der Waals surface area contributed by atoms with Crippen molar-refractivity contribution in [3.05, 3.63) is 52.5 Å². The summed E-state index contributed by atoms with van der Waals surface area (Å²) in [6.07, 6.45) is 0. The van der Waals surface area contributed by atoms with Gasteiger partial charge in [0.1, 0.15) is 17.1 Å². The molecule has 1 aromatic heterocycles. The van der Waals surface area contributed by atoms with Crippen LogP contribution in [0.4, 0.5) is 5.69 Å². The molecule has 1 aromatic carbocycles. The van der Waals surface area contributed by atoms with E-state index in [0.717, 1.165) is 5.69 Å². The van der Waals surface area contributed by atoms with Gasteiger partial charge in [0.25, 0.3) is 0 Å². The van der Waals surface area contributed by atoms with Gasteiger partial charge in [0.05, 0.1) is 5.56 Å². The van der Waals surface area contributed by atoms with Crippen LogP contribution < -0.4 is 15.8 Å². The summed E-state index contributed by atoms with van der Waals surface area (Å²) in [6, 6.07) is 9.37. The maximum Gasteiger partial charge on any atom is 0.245 e. The molecule has 2 aliphatic rings. The summed E-state index contributed by atoms with van der Waals surface area (Å²) in [6.45, 7) is 3.96. The third-order valence-electron chi connectivity index (χ3n) is 4.57. The fourth-order valence-corrected chi connectivity index (χ4v) is 3.55. The van der Waals surface area contributed by atoms with E-state index in [1.165, 1.54) is 0 Å². The molecule has 0 radical (unpaired) electrons. The molecule has 3 heterocycles. The monoisotopic (exact) mass is 321 g/mol. The summed E-state index contributed by atoms with van der Waals surface area (Å²) >= 11 is 0. The normalized spacial score (nSPS) is 21.3. The first kappa shape index (κ1) is 14.3. The van der Waals surface area contributed by atoms with Crippen LogP contribution in [0.2, 0.25) is 0 Å². The number of hydrogen-bond acceptors (Lipinski definition) is 5. The number of rotatable bonds is 1. The van der Waals surface area contributed by atoms with E-state index in [0.29, 0.717) is 16.8 Å². The molecule has 1 amide bonds. The highest BCUT2D eigenvalue weighted by Gasteiger charge is 2.58. The number of nitriles is 1. The van der Waals surface area contributed by atoms with Gasteiger partial charge >= 0.3 is 0 Å². The average Bonchev–Trinajstić information content (AvgIpc) is 3.08. The number of aromatic nitrogens is 2. The Morgan fingerprint density at radius 3 is 2.83 bits per heavy atom. The van der Waals surface area contributed by atoms with Crippen molar-refractivity contribution in [3.63, 3.8) is 0 Å². The summed E-state index contributed by atoms with van der Waals surface area (Å²) < 4.78 is 5.53. The number of para-hydroxylation sites is 1. The van der Waals surface area contributed by atoms with Gasteiger partial charge in [0.15, 0.2) is 0 Å². The van der Waals surface area contributed by atoms with Crippen LogP contribution in [0.1, 0.15) is 36.6 Å². The van der Waals surface area contributed by atoms with Crippen LogP contribution in [0.15, 0.2) is 35.7 Å². The topological polar surface area (TPSA) is 117 Å². The van der Waals surface area contributed by atoms with Crippen LogP contribution in [0.3, 0.4) is 0 Å². The second-order valence-corrected chi connectivity index (χ2v) is 6.17. The number of nitrogens with two attached hydrogens (primary N) is 1. The Morgan fingerprint density at radius 2 is 2.12 bits per heavy atom. The fourth-order valence-electron chi connectivity index (χ4n) is 3.55. The molecule has 2 aromatic rings. The van der Waals surface area contributed by atoms with Crippen molar-refractivity contribution in [2.24, 2.45) is 5.73 Å². The Morgan fingerprint density at radius 1 is 1.38 bits per heavy atom. The minimum atomic E-state index is -1.34. The molecule has 7 heteroatoms. The zero-order chi connectivity index (χ0) is 17.1. The molecule has 24 heavy (non-hydrogen) atoms. The Hall–Kier alpha value is -3.27. The third kappa shape index (κ3) is 1.50. The number of nitrogens with one attached hydrogen (secondary N) is 2. The SMILES string of the molecule is CC(C)c1[nH]nc2c1C1(C(=O)Nc3ccccc31)C(C#N)=C(N)O2. The van der Waals surface area contributed by atoms with E-state index < -0.39 is 5.41 Å². The van der Waals surface area contributed by atoms with Gasteiger partial charge in [-0.1, -0.05) is 32.0 Å². The molecule has 1 unspecified atom stereocenters. The van der Waals surface area contributed by atoms with Crippen LogP contribution >= 0.6 is 0 Å². The number of benzene rings is 1. The van der Waals surface area contributed by atoms with Crippen molar-refractivity contribution in [1.82, 2.24) is 10.2 Å². The number of aromatic amines is 1. The fraction of sp³-hybridized carbons (Fsp3) is 0.235. The van der Waals surface area contributed by atoms with E-state index >= 15 is 0 Å². The van der Waals surface area contributed by atoms with E-state index in [2.05, 4.69) is 21.6 Å². The second kappa shape index (κ2) is 4.61. The lowest BCUT2D eigenvalue weighted by Gasteiger charge is -2.32. The van der Waals surface area contributed by atoms with E-state index in [1.807, 2.05) is 32.0 Å². The van der Waals surface area contributed by atoms with Crippen molar-refractivity contribution in [3.8, 4) is 11.9 Å². The molecule has 2 aliphatic heterocycles. The summed E-state index contributed by atoms with van der Waals surface area (Å²) in [5.74, 6) is -0.127. The number of carbonyl (C=O) groups excluding carboxylic acids is 1. The summed E-state index contributed by atoms with van der Waals surface area (Å²) in [5.41, 5.74) is 7.36. The molecule has 1 atom stereocenters. The highest BCUT2D eigenvalue weighted by atomic mass is 16.5. The third-order valence-corrected chi connectivity index (χ3v) is 4.57. The van der Waals surface area contributed by atoms with Crippen molar-refractivity contribution in [1.29, 1.82) is 5.26 Å². The number of ether oxygens (including phenoxy) is 1. The first-order valence-electron chi connectivity index (χ1n) is 7.59. The molecular weight excluding hydrogens is 306 g/mol. The van der Waals surface area contributed by atoms with Crippen LogP contribution in [0.25, 0.3) is 0 Å². The van der Waals surface area contributed by atoms with Gasteiger partial charge in [-0.15, -0.1) is 5.10 Å². The lowest BCUT2D eigenvalue weighted by Crippen LogP contribution is -2.42. The molecule has 0 aliphatic carbocycles. The predicted molar refractivity (Wildman–Crippen MR) is 86.0 cm³/mol. The van der Waals surface area contributed by atoms with Gasteiger partial charge in [-0.25, -0.2) is 0 Å². The number of hydrogen-bond donors (Lipinski definition) is 3. The first-order chi connectivity index (χ1) is 11.5. The van der Waals surface area contributed by atoms with Gasteiger partial charge in [-0.05, 0) is 12.0 Å². The van der Waals surface area contributed by atoms with E-state index in [-0.39, 0.29) is 29.2 Å². The molecule has 1 spiro atoms. The Labute approximate surface area is 138 Å². The van der Waals surface area contributed by atoms with Crippen molar-refractivity contribution < 1.29 is 9.53 Å². The maximum atomic E-state index is 13.1. The highest BCUT2D eigenvalue weighted by molar-refractivity contribution is 6.12. The molecular formula is C17H15N5O2. The summed E-state index contributed by atoms with van der Waals surface area (Å²) in [4.78, 5) is 13.1. The number of nitrogens with zero attached hydrogens (tertiary/aromatic N) is 2. The maximum absolute atomic E-state index is 13.1. The van der Waals surface area contributed by atoms with Crippen LogP contribution in [-0.4, -0.2) is 16.1 Å². The Balaban J connectivity index is 2.17. The molecule has 4 rings (SSSR count). The molecule has 120 valence electrons. The van der Waals surface area contributed by atoms with E-state index in [1.54, 1.807) is 6.07 Å². The quantitative estimate of drug-likeness (QED) is 0.741. The van der Waals surface area contributed by atoms with Crippen LogP contribution in [0, 0.1) is 11.3 Å². The minimum Gasteiger partial charge on any atom is -0.420 e. The molecule has 0 saturated carbocycles. The predicted octanol–water partition coefficient (Wildman–Crippen LogP) is 1.86. The van der Waals surface area contributed by atoms with Gasteiger partial charge in [-0.2, -0.15) is 5.26 Å².